The number of amides is 2. The quantitative estimate of drug-likeness (QED) is 0.295. The number of likely N-dealkylation sites (tertiary alicyclic amines) is 1. The van der Waals surface area contributed by atoms with Gasteiger partial charge in [0, 0.05) is 18.5 Å². The lowest BCUT2D eigenvalue weighted by molar-refractivity contribution is -0.918. The number of alkyl halides is 3. The minimum absolute atomic E-state index is 0.0248. The van der Waals surface area contributed by atoms with E-state index in [2.05, 4.69) is 22.1 Å². The van der Waals surface area contributed by atoms with Crippen molar-refractivity contribution in [3.63, 3.8) is 0 Å². The van der Waals surface area contributed by atoms with Crippen molar-refractivity contribution < 1.29 is 39.1 Å². The van der Waals surface area contributed by atoms with Gasteiger partial charge >= 0.3 is 6.18 Å². The molecule has 4 atom stereocenters. The molecule has 0 aromatic heterocycles. The van der Waals surface area contributed by atoms with Gasteiger partial charge in [0.25, 0.3) is 5.91 Å². The highest BCUT2D eigenvalue weighted by atomic mass is 19.4. The fourth-order valence-electron chi connectivity index (χ4n) is 4.67. The first kappa shape index (κ1) is 27.6. The molecule has 0 radical (unpaired) electrons. The molecular formula is C26H37F3N5O2+3. The highest BCUT2D eigenvalue weighted by molar-refractivity contribution is 5.97. The molecule has 0 bridgehead atoms. The van der Waals surface area contributed by atoms with E-state index in [1.165, 1.54) is 17.0 Å². The highest BCUT2D eigenvalue weighted by Gasteiger charge is 2.32. The summed E-state index contributed by atoms with van der Waals surface area (Å²) in [5.41, 5.74) is 8.18. The second-order valence-electron chi connectivity index (χ2n) is 9.42. The van der Waals surface area contributed by atoms with Crippen molar-refractivity contribution in [3.05, 3.63) is 65.7 Å². The van der Waals surface area contributed by atoms with Crippen LogP contribution in [0, 0.1) is 0 Å². The number of nitrogens with one attached hydrogen (secondary N) is 3. The largest absolute Gasteiger partial charge is 0.416 e. The number of hydrogen-bond acceptors (Lipinski definition) is 2. The van der Waals surface area contributed by atoms with E-state index >= 15 is 0 Å². The first-order valence-electron chi connectivity index (χ1n) is 12.5. The van der Waals surface area contributed by atoms with E-state index in [4.69, 9.17) is 0 Å². The number of carbonyl (C=O) groups excluding carboxylic acids is 2. The molecule has 0 spiro atoms. The van der Waals surface area contributed by atoms with Gasteiger partial charge in [0.1, 0.15) is 18.6 Å². The van der Waals surface area contributed by atoms with Gasteiger partial charge in [0.2, 0.25) is 5.91 Å². The van der Waals surface area contributed by atoms with Crippen LogP contribution in [0.3, 0.4) is 0 Å². The van der Waals surface area contributed by atoms with Crippen LogP contribution in [-0.4, -0.2) is 49.6 Å². The van der Waals surface area contributed by atoms with Gasteiger partial charge < -0.3 is 27.0 Å². The molecule has 0 saturated carbocycles. The van der Waals surface area contributed by atoms with Crippen LogP contribution < -0.4 is 27.0 Å². The number of rotatable bonds is 11. The normalized spacial score (nSPS) is 19.5. The van der Waals surface area contributed by atoms with Crippen LogP contribution in [0.5, 0.6) is 0 Å². The monoisotopic (exact) mass is 508 g/mol. The molecule has 2 aromatic rings. The van der Waals surface area contributed by atoms with Crippen molar-refractivity contribution in [2.75, 3.05) is 25.0 Å². The molecule has 1 aliphatic rings. The average molecular weight is 509 g/mol. The Morgan fingerprint density at radius 1 is 1.06 bits per heavy atom. The van der Waals surface area contributed by atoms with Crippen molar-refractivity contribution >= 4 is 17.5 Å². The zero-order chi connectivity index (χ0) is 26.1. The smallest absolute Gasteiger partial charge is 0.353 e. The Morgan fingerprint density at radius 3 is 2.50 bits per heavy atom. The minimum atomic E-state index is -4.52. The Hall–Kier alpha value is -2.95. The summed E-state index contributed by atoms with van der Waals surface area (Å²) in [6, 6.07) is 13.0. The van der Waals surface area contributed by atoms with E-state index in [-0.39, 0.29) is 11.6 Å². The first-order chi connectivity index (χ1) is 17.2. The van der Waals surface area contributed by atoms with E-state index in [0.717, 1.165) is 50.2 Å². The van der Waals surface area contributed by atoms with Gasteiger partial charge in [-0.05, 0) is 36.6 Å². The van der Waals surface area contributed by atoms with Crippen molar-refractivity contribution in [2.45, 2.75) is 56.4 Å². The molecule has 36 heavy (non-hydrogen) atoms. The van der Waals surface area contributed by atoms with E-state index in [1.807, 2.05) is 30.3 Å². The Kier molecular flexibility index (Phi) is 9.86. The third kappa shape index (κ3) is 8.04. The molecule has 9 N–H and O–H groups in total. The van der Waals surface area contributed by atoms with Crippen molar-refractivity contribution in [3.8, 4) is 0 Å². The first-order valence-corrected chi connectivity index (χ1v) is 12.5. The average Bonchev–Trinajstić information content (AvgIpc) is 3.32. The van der Waals surface area contributed by atoms with Crippen LogP contribution >= 0.6 is 0 Å². The maximum atomic E-state index is 13.1. The third-order valence-corrected chi connectivity index (χ3v) is 6.82. The lowest BCUT2D eigenvalue weighted by Gasteiger charge is -2.22. The molecule has 3 rings (SSSR count). The summed E-state index contributed by atoms with van der Waals surface area (Å²) >= 11 is 0. The molecule has 1 unspecified atom stereocenters. The maximum Gasteiger partial charge on any atom is 0.416 e. The number of halogens is 3. The van der Waals surface area contributed by atoms with Crippen LogP contribution in [0.15, 0.2) is 54.6 Å². The summed E-state index contributed by atoms with van der Waals surface area (Å²) in [6.07, 6.45) is -0.822. The lowest BCUT2D eigenvalue weighted by Crippen LogP contribution is -3.15. The van der Waals surface area contributed by atoms with Crippen molar-refractivity contribution in [2.24, 2.45) is 0 Å². The molecule has 1 heterocycles. The molecule has 0 aliphatic carbocycles. The van der Waals surface area contributed by atoms with Crippen LogP contribution in [0.25, 0.3) is 0 Å². The van der Waals surface area contributed by atoms with E-state index in [1.54, 1.807) is 0 Å². The van der Waals surface area contributed by atoms with Crippen LogP contribution in [0.2, 0.25) is 0 Å². The summed E-state index contributed by atoms with van der Waals surface area (Å²) in [6.45, 7) is 2.74. The fourth-order valence-corrected chi connectivity index (χ4v) is 4.67. The third-order valence-electron chi connectivity index (χ3n) is 6.82. The SMILES string of the molecule is [NH3+]C[C@@H]1CCC[NH+]1CC[C@H]([NH3+])C(=O)N[C@@H](CCc1ccccc1)C(=O)Nc1cccc(C(F)(F)F)c1. The van der Waals surface area contributed by atoms with Crippen molar-refractivity contribution in [1.82, 2.24) is 5.32 Å². The molecule has 2 amide bonds. The van der Waals surface area contributed by atoms with Crippen molar-refractivity contribution in [1.29, 1.82) is 0 Å². The van der Waals surface area contributed by atoms with E-state index < -0.39 is 29.7 Å². The Balaban J connectivity index is 1.65. The summed E-state index contributed by atoms with van der Waals surface area (Å²) in [5, 5.41) is 5.34. The van der Waals surface area contributed by atoms with E-state index in [9.17, 15) is 22.8 Å². The molecule has 7 nitrogen and oxygen atoms in total. The Labute approximate surface area is 209 Å². The second kappa shape index (κ2) is 12.8. The minimum Gasteiger partial charge on any atom is -0.353 e. The van der Waals surface area contributed by atoms with Gasteiger partial charge in [-0.2, -0.15) is 13.2 Å². The molecule has 1 saturated heterocycles. The predicted octanol–water partition coefficient (Wildman–Crippen LogP) is 0.0513. The molecule has 2 aromatic carbocycles. The van der Waals surface area contributed by atoms with Gasteiger partial charge in [-0.15, -0.1) is 0 Å². The Morgan fingerprint density at radius 2 is 1.81 bits per heavy atom. The van der Waals surface area contributed by atoms with Gasteiger partial charge in [-0.25, -0.2) is 0 Å². The van der Waals surface area contributed by atoms with Gasteiger partial charge in [0.05, 0.1) is 25.1 Å². The number of benzene rings is 2. The molecular weight excluding hydrogens is 471 g/mol. The zero-order valence-electron chi connectivity index (χ0n) is 20.4. The number of aryl methyl sites for hydroxylation is 1. The molecule has 1 aliphatic heterocycles. The number of anilines is 1. The predicted molar refractivity (Wildman–Crippen MR) is 130 cm³/mol. The molecule has 10 heteroatoms. The number of quaternary nitrogens is 3. The topological polar surface area (TPSA) is 118 Å². The van der Waals surface area contributed by atoms with Gasteiger partial charge in [-0.3, -0.25) is 9.59 Å². The van der Waals surface area contributed by atoms with Crippen LogP contribution in [0.4, 0.5) is 18.9 Å². The molecule has 196 valence electrons. The standard InChI is InChI=1S/C26H34F3N5O2/c27-26(28,29)19-8-4-9-20(16-19)32-25(36)23(12-11-18-6-2-1-3-7-18)33-24(35)22(31)13-15-34-14-5-10-21(34)17-30/h1-4,6-9,16,21-23H,5,10-15,17,30-31H2,(H,32,36)(H,33,35)/p+3/t21-,22-,23-/m0/s1. The van der Waals surface area contributed by atoms with Crippen LogP contribution in [-0.2, 0) is 22.2 Å². The van der Waals surface area contributed by atoms with Gasteiger partial charge in [-0.1, -0.05) is 36.4 Å². The molecule has 1 fully saturated rings. The fraction of sp³-hybridized carbons (Fsp3) is 0.462. The second-order valence-corrected chi connectivity index (χ2v) is 9.42. The maximum absolute atomic E-state index is 13.1. The van der Waals surface area contributed by atoms with E-state index in [0.29, 0.717) is 25.3 Å². The number of hydrogen-bond donors (Lipinski definition) is 5. The summed E-state index contributed by atoms with van der Waals surface area (Å²) in [5.74, 6) is -0.898. The Bertz CT molecular complexity index is 1000. The summed E-state index contributed by atoms with van der Waals surface area (Å²) < 4.78 is 39.2. The summed E-state index contributed by atoms with van der Waals surface area (Å²) in [4.78, 5) is 27.4. The lowest BCUT2D eigenvalue weighted by atomic mass is 10.0. The van der Waals surface area contributed by atoms with Gasteiger partial charge in [0.15, 0.2) is 6.04 Å². The number of carbonyl (C=O) groups is 2. The summed E-state index contributed by atoms with van der Waals surface area (Å²) in [7, 11) is 0. The highest BCUT2D eigenvalue weighted by Crippen LogP contribution is 2.30. The zero-order valence-corrected chi connectivity index (χ0v) is 20.4. The van der Waals surface area contributed by atoms with Crippen LogP contribution in [0.1, 0.15) is 36.8 Å².